The van der Waals surface area contributed by atoms with E-state index in [1.807, 2.05) is 20.8 Å². The van der Waals surface area contributed by atoms with Crippen LogP contribution >= 0.6 is 0 Å². The fourth-order valence-electron chi connectivity index (χ4n) is 3.10. The van der Waals surface area contributed by atoms with Gasteiger partial charge < -0.3 is 19.5 Å². The first-order valence-corrected chi connectivity index (χ1v) is 10.2. The largest absolute Gasteiger partial charge is 0.490 e. The molecule has 0 spiro atoms. The van der Waals surface area contributed by atoms with Crippen molar-refractivity contribution in [1.82, 2.24) is 9.78 Å². The van der Waals surface area contributed by atoms with Crippen molar-refractivity contribution >= 4 is 11.7 Å². The molecule has 3 aromatic rings. The molecule has 0 unspecified atom stereocenters. The van der Waals surface area contributed by atoms with Gasteiger partial charge in [-0.15, -0.1) is 0 Å². The van der Waals surface area contributed by atoms with Crippen LogP contribution in [0.1, 0.15) is 36.8 Å². The van der Waals surface area contributed by atoms with E-state index in [4.69, 9.17) is 14.2 Å². The van der Waals surface area contributed by atoms with Crippen LogP contribution in [0.15, 0.2) is 42.5 Å². The highest BCUT2D eigenvalue weighted by Gasteiger charge is 2.20. The first-order valence-electron chi connectivity index (χ1n) is 10.2. The molecule has 0 radical (unpaired) electrons. The number of aromatic nitrogens is 2. The molecular formula is C23H26FN3O4. The summed E-state index contributed by atoms with van der Waals surface area (Å²) in [7, 11) is 0. The number of hydrogen-bond acceptors (Lipinski definition) is 5. The SMILES string of the molecule is CCOc1cc(C(=O)Nc2cc(C)nn2-c2ccccc2F)cc(OCC)c1OCC. The number of benzene rings is 2. The molecule has 1 aromatic heterocycles. The number of nitrogens with one attached hydrogen (secondary N) is 1. The molecule has 0 saturated heterocycles. The highest BCUT2D eigenvalue weighted by molar-refractivity contribution is 6.04. The van der Waals surface area contributed by atoms with Crippen molar-refractivity contribution in [2.24, 2.45) is 0 Å². The number of anilines is 1. The van der Waals surface area contributed by atoms with Crippen LogP contribution in [-0.2, 0) is 0 Å². The van der Waals surface area contributed by atoms with E-state index in [0.717, 1.165) is 0 Å². The maximum Gasteiger partial charge on any atom is 0.257 e. The Morgan fingerprint density at radius 2 is 1.61 bits per heavy atom. The number of amides is 1. The quantitative estimate of drug-likeness (QED) is 0.533. The van der Waals surface area contributed by atoms with Gasteiger partial charge in [0.25, 0.3) is 5.91 Å². The molecule has 3 rings (SSSR count). The molecule has 0 aliphatic carbocycles. The second-order valence-electron chi connectivity index (χ2n) is 6.59. The Balaban J connectivity index is 1.98. The van der Waals surface area contributed by atoms with E-state index in [1.165, 1.54) is 10.7 Å². The Labute approximate surface area is 180 Å². The lowest BCUT2D eigenvalue weighted by Crippen LogP contribution is -2.16. The van der Waals surface area contributed by atoms with Gasteiger partial charge >= 0.3 is 0 Å². The predicted molar refractivity (Wildman–Crippen MR) is 116 cm³/mol. The maximum atomic E-state index is 14.3. The molecule has 0 atom stereocenters. The first-order chi connectivity index (χ1) is 15.0. The number of halogens is 1. The molecule has 0 fully saturated rings. The van der Waals surface area contributed by atoms with Crippen LogP contribution in [0.4, 0.5) is 10.2 Å². The highest BCUT2D eigenvalue weighted by Crippen LogP contribution is 2.39. The standard InChI is InChI=1S/C23H26FN3O4/c1-5-29-19-13-16(14-20(30-6-2)22(19)31-7-3)23(28)25-21-12-15(4)26-27(21)18-11-9-8-10-17(18)24/h8-14H,5-7H2,1-4H3,(H,25,28). The van der Waals surface area contributed by atoms with Crippen molar-refractivity contribution in [3.8, 4) is 22.9 Å². The maximum absolute atomic E-state index is 14.3. The number of aryl methyl sites for hydroxylation is 1. The van der Waals surface area contributed by atoms with Crippen molar-refractivity contribution in [2.45, 2.75) is 27.7 Å². The predicted octanol–water partition coefficient (Wildman–Crippen LogP) is 4.77. The van der Waals surface area contributed by atoms with Gasteiger partial charge in [0.15, 0.2) is 11.5 Å². The van der Waals surface area contributed by atoms with Gasteiger partial charge in [-0.1, -0.05) is 12.1 Å². The summed E-state index contributed by atoms with van der Waals surface area (Å²) in [5.41, 5.74) is 1.19. The van der Waals surface area contributed by atoms with Crippen molar-refractivity contribution < 1.29 is 23.4 Å². The monoisotopic (exact) mass is 427 g/mol. The lowest BCUT2D eigenvalue weighted by Gasteiger charge is -2.17. The van der Waals surface area contributed by atoms with Crippen molar-refractivity contribution in [3.63, 3.8) is 0 Å². The summed E-state index contributed by atoms with van der Waals surface area (Å²) in [6.07, 6.45) is 0. The van der Waals surface area contributed by atoms with E-state index in [1.54, 1.807) is 43.3 Å². The molecule has 0 aliphatic rings. The lowest BCUT2D eigenvalue weighted by molar-refractivity contribution is 0.102. The molecule has 2 aromatic carbocycles. The van der Waals surface area contributed by atoms with Crippen LogP contribution < -0.4 is 19.5 Å². The normalized spacial score (nSPS) is 10.6. The second-order valence-corrected chi connectivity index (χ2v) is 6.59. The van der Waals surface area contributed by atoms with Gasteiger partial charge in [0.2, 0.25) is 5.75 Å². The molecule has 0 aliphatic heterocycles. The summed E-state index contributed by atoms with van der Waals surface area (Å²) in [4.78, 5) is 13.1. The molecular weight excluding hydrogens is 401 g/mol. The number of para-hydroxylation sites is 1. The van der Waals surface area contributed by atoms with Gasteiger partial charge in [-0.25, -0.2) is 9.07 Å². The molecule has 1 amide bonds. The minimum Gasteiger partial charge on any atom is -0.490 e. The topological polar surface area (TPSA) is 74.6 Å². The molecule has 164 valence electrons. The molecule has 0 bridgehead atoms. The van der Waals surface area contributed by atoms with E-state index in [2.05, 4.69) is 10.4 Å². The van der Waals surface area contributed by atoms with E-state index >= 15 is 0 Å². The average molecular weight is 427 g/mol. The van der Waals surface area contributed by atoms with E-state index < -0.39 is 11.7 Å². The Morgan fingerprint density at radius 3 is 2.19 bits per heavy atom. The number of nitrogens with zero attached hydrogens (tertiary/aromatic N) is 2. The summed E-state index contributed by atoms with van der Waals surface area (Å²) in [6.45, 7) is 8.54. The second kappa shape index (κ2) is 9.97. The average Bonchev–Trinajstić information content (AvgIpc) is 3.10. The lowest BCUT2D eigenvalue weighted by atomic mass is 10.1. The van der Waals surface area contributed by atoms with Crippen LogP contribution in [0.25, 0.3) is 5.69 Å². The van der Waals surface area contributed by atoms with Gasteiger partial charge in [0.1, 0.15) is 17.3 Å². The number of carbonyl (C=O) groups is 1. The minimum atomic E-state index is -0.445. The molecule has 31 heavy (non-hydrogen) atoms. The van der Waals surface area contributed by atoms with E-state index in [-0.39, 0.29) is 5.69 Å². The third kappa shape index (κ3) is 4.96. The minimum absolute atomic E-state index is 0.239. The van der Waals surface area contributed by atoms with Gasteiger partial charge in [0.05, 0.1) is 25.5 Å². The molecule has 1 N–H and O–H groups in total. The van der Waals surface area contributed by atoms with Crippen LogP contribution in [0, 0.1) is 12.7 Å². The summed E-state index contributed by atoms with van der Waals surface area (Å²) < 4.78 is 32.7. The fraction of sp³-hybridized carbons (Fsp3) is 0.304. The van der Waals surface area contributed by atoms with Gasteiger partial charge in [-0.05, 0) is 52.0 Å². The smallest absolute Gasteiger partial charge is 0.257 e. The zero-order valence-corrected chi connectivity index (χ0v) is 18.1. The van der Waals surface area contributed by atoms with Gasteiger partial charge in [-0.3, -0.25) is 4.79 Å². The Kier molecular flexibility index (Phi) is 7.12. The Hall–Kier alpha value is -3.55. The first kappa shape index (κ1) is 22.1. The zero-order chi connectivity index (χ0) is 22.4. The zero-order valence-electron chi connectivity index (χ0n) is 18.1. The third-order valence-electron chi connectivity index (χ3n) is 4.33. The highest BCUT2D eigenvalue weighted by atomic mass is 19.1. The number of hydrogen-bond donors (Lipinski definition) is 1. The third-order valence-corrected chi connectivity index (χ3v) is 4.33. The summed E-state index contributed by atoms with van der Waals surface area (Å²) >= 11 is 0. The van der Waals surface area contributed by atoms with Crippen LogP contribution in [0.2, 0.25) is 0 Å². The van der Waals surface area contributed by atoms with Gasteiger partial charge in [0, 0.05) is 11.6 Å². The summed E-state index contributed by atoms with van der Waals surface area (Å²) in [6, 6.07) is 11.1. The van der Waals surface area contributed by atoms with Crippen molar-refractivity contribution in [2.75, 3.05) is 25.1 Å². The Bertz CT molecular complexity index is 1040. The molecule has 1 heterocycles. The van der Waals surface area contributed by atoms with Crippen molar-refractivity contribution in [3.05, 3.63) is 59.5 Å². The van der Waals surface area contributed by atoms with Crippen LogP contribution in [0.5, 0.6) is 17.2 Å². The Morgan fingerprint density at radius 1 is 1.00 bits per heavy atom. The van der Waals surface area contributed by atoms with E-state index in [0.29, 0.717) is 54.1 Å². The van der Waals surface area contributed by atoms with Crippen LogP contribution in [0.3, 0.4) is 0 Å². The molecule has 8 heteroatoms. The van der Waals surface area contributed by atoms with Gasteiger partial charge in [-0.2, -0.15) is 5.10 Å². The number of ether oxygens (including phenoxy) is 3. The molecule has 7 nitrogen and oxygen atoms in total. The number of rotatable bonds is 9. The van der Waals surface area contributed by atoms with Crippen molar-refractivity contribution in [1.29, 1.82) is 0 Å². The summed E-state index contributed by atoms with van der Waals surface area (Å²) in [5.74, 6) is 0.771. The van der Waals surface area contributed by atoms with E-state index in [9.17, 15) is 9.18 Å². The van der Waals surface area contributed by atoms with Crippen LogP contribution in [-0.4, -0.2) is 35.5 Å². The molecule has 0 saturated carbocycles. The summed E-state index contributed by atoms with van der Waals surface area (Å²) in [5, 5.41) is 7.12. The fourth-order valence-corrected chi connectivity index (χ4v) is 3.10. The number of carbonyl (C=O) groups excluding carboxylic acids is 1.